The minimum Gasteiger partial charge on any atom is -0.391 e. The standard InChI is InChI=1S/C12H26O2Si/c1-5-8-10-12-14-15(4,7-3)13-11-9-6-2/h7H,3,5-6,8-12H2,1-2,4H3. The van der Waals surface area contributed by atoms with E-state index < -0.39 is 8.56 Å². The molecule has 0 fully saturated rings. The zero-order valence-corrected chi connectivity index (χ0v) is 11.6. The zero-order chi connectivity index (χ0) is 11.6. The predicted octanol–water partition coefficient (Wildman–Crippen LogP) is 3.81. The number of hydrogen-bond acceptors (Lipinski definition) is 2. The van der Waals surface area contributed by atoms with E-state index in [0.29, 0.717) is 0 Å². The van der Waals surface area contributed by atoms with Gasteiger partial charge in [-0.2, -0.15) is 0 Å². The van der Waals surface area contributed by atoms with Crippen LogP contribution in [0.15, 0.2) is 12.3 Å². The van der Waals surface area contributed by atoms with Crippen LogP contribution in [0.5, 0.6) is 0 Å². The molecule has 1 atom stereocenters. The van der Waals surface area contributed by atoms with Crippen molar-refractivity contribution in [1.29, 1.82) is 0 Å². The molecule has 1 unspecified atom stereocenters. The van der Waals surface area contributed by atoms with E-state index in [1.807, 2.05) is 5.70 Å². The van der Waals surface area contributed by atoms with Crippen molar-refractivity contribution in [2.24, 2.45) is 0 Å². The maximum atomic E-state index is 5.83. The maximum Gasteiger partial charge on any atom is 0.361 e. The Hall–Kier alpha value is -0.123. The Kier molecular flexibility index (Phi) is 9.05. The van der Waals surface area contributed by atoms with Gasteiger partial charge < -0.3 is 8.85 Å². The SMILES string of the molecule is C=C[Si](C)(OCCCC)OCCCCC. The fraction of sp³-hybridized carbons (Fsp3) is 0.833. The molecule has 3 heteroatoms. The molecule has 90 valence electrons. The van der Waals surface area contributed by atoms with Gasteiger partial charge in [0, 0.05) is 13.2 Å². The Balaban J connectivity index is 3.70. The molecule has 0 aliphatic heterocycles. The van der Waals surface area contributed by atoms with Crippen LogP contribution in [-0.2, 0) is 8.85 Å². The van der Waals surface area contributed by atoms with Crippen molar-refractivity contribution >= 4 is 8.56 Å². The molecule has 2 nitrogen and oxygen atoms in total. The third kappa shape index (κ3) is 7.77. The van der Waals surface area contributed by atoms with E-state index in [1.54, 1.807) is 0 Å². The smallest absolute Gasteiger partial charge is 0.361 e. The Morgan fingerprint density at radius 3 is 2.00 bits per heavy atom. The van der Waals surface area contributed by atoms with E-state index in [1.165, 1.54) is 12.8 Å². The van der Waals surface area contributed by atoms with Gasteiger partial charge in [0.25, 0.3) is 0 Å². The lowest BCUT2D eigenvalue weighted by Crippen LogP contribution is -2.37. The van der Waals surface area contributed by atoms with E-state index in [4.69, 9.17) is 8.85 Å². The van der Waals surface area contributed by atoms with Gasteiger partial charge in [-0.1, -0.05) is 33.1 Å². The van der Waals surface area contributed by atoms with Gasteiger partial charge in [0.1, 0.15) is 0 Å². The molecule has 0 aromatic heterocycles. The molecule has 0 saturated heterocycles. The van der Waals surface area contributed by atoms with Crippen LogP contribution in [0.3, 0.4) is 0 Å². The van der Waals surface area contributed by atoms with Gasteiger partial charge in [-0.25, -0.2) is 0 Å². The van der Waals surface area contributed by atoms with E-state index in [0.717, 1.165) is 32.5 Å². The first-order chi connectivity index (χ1) is 7.18. The Morgan fingerprint density at radius 2 is 1.53 bits per heavy atom. The quantitative estimate of drug-likeness (QED) is 0.420. The third-order valence-electron chi connectivity index (χ3n) is 2.39. The summed E-state index contributed by atoms with van der Waals surface area (Å²) in [7, 11) is -2.05. The molecule has 0 rings (SSSR count). The summed E-state index contributed by atoms with van der Waals surface area (Å²) in [5, 5.41) is 0. The molecule has 0 aliphatic rings. The summed E-state index contributed by atoms with van der Waals surface area (Å²) in [5.41, 5.74) is 1.88. The average molecular weight is 230 g/mol. The molecule has 15 heavy (non-hydrogen) atoms. The minimum atomic E-state index is -2.05. The van der Waals surface area contributed by atoms with Crippen LogP contribution >= 0.6 is 0 Å². The average Bonchev–Trinajstić information content (AvgIpc) is 2.25. The van der Waals surface area contributed by atoms with E-state index in [9.17, 15) is 0 Å². The summed E-state index contributed by atoms with van der Waals surface area (Å²) < 4.78 is 11.6. The highest BCUT2D eigenvalue weighted by atomic mass is 28.4. The molecule has 0 aliphatic carbocycles. The van der Waals surface area contributed by atoms with Crippen molar-refractivity contribution in [1.82, 2.24) is 0 Å². The first-order valence-corrected chi connectivity index (χ1v) is 8.49. The second-order valence-corrected chi connectivity index (χ2v) is 7.00. The normalized spacial score (nSPS) is 14.9. The fourth-order valence-corrected chi connectivity index (χ4v) is 2.62. The summed E-state index contributed by atoms with van der Waals surface area (Å²) in [6, 6.07) is 0. The molecule has 0 heterocycles. The highest BCUT2D eigenvalue weighted by Crippen LogP contribution is 2.10. The van der Waals surface area contributed by atoms with Crippen molar-refractivity contribution in [2.45, 2.75) is 52.5 Å². The lowest BCUT2D eigenvalue weighted by molar-refractivity contribution is 0.179. The molecule has 0 radical (unpaired) electrons. The van der Waals surface area contributed by atoms with Crippen molar-refractivity contribution in [3.05, 3.63) is 12.3 Å². The fourth-order valence-electron chi connectivity index (χ4n) is 1.21. The van der Waals surface area contributed by atoms with E-state index in [2.05, 4.69) is 27.0 Å². The zero-order valence-electron chi connectivity index (χ0n) is 10.6. The van der Waals surface area contributed by atoms with Gasteiger partial charge in [0.15, 0.2) is 0 Å². The predicted molar refractivity (Wildman–Crippen MR) is 68.2 cm³/mol. The highest BCUT2D eigenvalue weighted by molar-refractivity contribution is 6.71. The molecular weight excluding hydrogens is 204 g/mol. The molecule has 0 N–H and O–H groups in total. The van der Waals surface area contributed by atoms with Crippen molar-refractivity contribution in [2.75, 3.05) is 13.2 Å². The number of rotatable bonds is 10. The Morgan fingerprint density at radius 1 is 1.00 bits per heavy atom. The first kappa shape index (κ1) is 14.9. The van der Waals surface area contributed by atoms with Crippen molar-refractivity contribution in [3.63, 3.8) is 0 Å². The van der Waals surface area contributed by atoms with Gasteiger partial charge >= 0.3 is 8.56 Å². The second kappa shape index (κ2) is 9.13. The Bertz CT molecular complexity index is 162. The highest BCUT2D eigenvalue weighted by Gasteiger charge is 2.26. The molecule has 0 bridgehead atoms. The van der Waals surface area contributed by atoms with Crippen LogP contribution in [0.4, 0.5) is 0 Å². The van der Waals surface area contributed by atoms with Crippen LogP contribution < -0.4 is 0 Å². The topological polar surface area (TPSA) is 18.5 Å². The van der Waals surface area contributed by atoms with Crippen LogP contribution in [0.1, 0.15) is 46.0 Å². The monoisotopic (exact) mass is 230 g/mol. The summed E-state index contributed by atoms with van der Waals surface area (Å²) >= 11 is 0. The molecule has 0 aromatic carbocycles. The first-order valence-electron chi connectivity index (χ1n) is 6.10. The van der Waals surface area contributed by atoms with Crippen LogP contribution in [0, 0.1) is 0 Å². The van der Waals surface area contributed by atoms with Gasteiger partial charge in [-0.05, 0) is 25.1 Å². The van der Waals surface area contributed by atoms with Gasteiger partial charge in [0.2, 0.25) is 0 Å². The summed E-state index contributed by atoms with van der Waals surface area (Å²) in [6.07, 6.45) is 5.86. The third-order valence-corrected chi connectivity index (χ3v) is 4.69. The van der Waals surface area contributed by atoms with E-state index >= 15 is 0 Å². The summed E-state index contributed by atoms with van der Waals surface area (Å²) in [4.78, 5) is 0. The van der Waals surface area contributed by atoms with E-state index in [-0.39, 0.29) is 0 Å². The van der Waals surface area contributed by atoms with Gasteiger partial charge in [-0.3, -0.25) is 0 Å². The molecule has 0 spiro atoms. The van der Waals surface area contributed by atoms with Gasteiger partial charge in [0.05, 0.1) is 0 Å². The minimum absolute atomic E-state index is 0.805. The van der Waals surface area contributed by atoms with Crippen LogP contribution in [-0.4, -0.2) is 21.8 Å². The van der Waals surface area contributed by atoms with Gasteiger partial charge in [-0.15, -0.1) is 6.58 Å². The van der Waals surface area contributed by atoms with Crippen LogP contribution in [0.2, 0.25) is 6.55 Å². The number of hydrogen-bond donors (Lipinski definition) is 0. The van der Waals surface area contributed by atoms with Crippen molar-refractivity contribution in [3.8, 4) is 0 Å². The molecule has 0 aromatic rings. The maximum absolute atomic E-state index is 5.83. The Labute approximate surface area is 95.9 Å². The lowest BCUT2D eigenvalue weighted by Gasteiger charge is -2.23. The molecular formula is C12H26O2Si. The van der Waals surface area contributed by atoms with Crippen LogP contribution in [0.25, 0.3) is 0 Å². The second-order valence-electron chi connectivity index (χ2n) is 3.98. The summed E-state index contributed by atoms with van der Waals surface area (Å²) in [5.74, 6) is 0. The molecule has 0 saturated carbocycles. The van der Waals surface area contributed by atoms with Crippen molar-refractivity contribution < 1.29 is 8.85 Å². The largest absolute Gasteiger partial charge is 0.391 e. The number of unbranched alkanes of at least 4 members (excludes halogenated alkanes) is 3. The summed E-state index contributed by atoms with van der Waals surface area (Å²) in [6.45, 7) is 11.9. The lowest BCUT2D eigenvalue weighted by atomic mass is 10.3. The molecule has 0 amide bonds.